The second-order valence-corrected chi connectivity index (χ2v) is 2.06. The molecule has 1 N–H and O–H groups in total. The Balaban J connectivity index is 3.42. The summed E-state index contributed by atoms with van der Waals surface area (Å²) in [5, 5.41) is 9.00. The Hall–Kier alpha value is -1.16. The van der Waals surface area contributed by atoms with Gasteiger partial charge in [-0.25, -0.2) is 4.98 Å². The van der Waals surface area contributed by atoms with Crippen LogP contribution in [-0.4, -0.2) is 14.7 Å². The summed E-state index contributed by atoms with van der Waals surface area (Å²) in [4.78, 5) is 3.69. The summed E-state index contributed by atoms with van der Waals surface area (Å²) in [5.41, 5.74) is 0. The molecule has 0 unspecified atom stereocenters. The molecule has 0 aliphatic rings. The van der Waals surface area contributed by atoms with Gasteiger partial charge in [-0.3, -0.25) is 4.57 Å². The maximum Gasteiger partial charge on any atom is 0.169 e. The fraction of sp³-hybridized carbons (Fsp3) is 0. The topological polar surface area (TPSA) is 38.0 Å². The van der Waals surface area contributed by atoms with Gasteiger partial charge in [-0.2, -0.15) is 0 Å². The third kappa shape index (κ3) is 1.06. The highest BCUT2D eigenvalue weighted by atomic mass is 32.1. The Morgan fingerprint density at radius 1 is 1.80 bits per heavy atom. The highest BCUT2D eigenvalue weighted by Gasteiger charge is 1.91. The van der Waals surface area contributed by atoms with Crippen molar-refractivity contribution in [3.63, 3.8) is 0 Å². The zero-order valence-electron chi connectivity index (χ0n) is 5.19. The maximum atomic E-state index is 9.00. The lowest BCUT2D eigenvalue weighted by Crippen LogP contribution is -1.89. The summed E-state index contributed by atoms with van der Waals surface area (Å²) in [6.45, 7) is 3.48. The summed E-state index contributed by atoms with van der Waals surface area (Å²) >= 11 is 4.79. The minimum atomic E-state index is -0.00241. The first-order valence-electron chi connectivity index (χ1n) is 2.63. The Kier molecular flexibility index (Phi) is 1.82. The number of nitrogens with zero attached hydrogens (tertiary/aromatic N) is 2. The number of aromatic nitrogens is 2. The molecule has 0 spiro atoms. The van der Waals surface area contributed by atoms with Gasteiger partial charge in [0.2, 0.25) is 0 Å². The van der Waals surface area contributed by atoms with Gasteiger partial charge in [0.25, 0.3) is 0 Å². The van der Waals surface area contributed by atoms with E-state index in [2.05, 4.69) is 11.6 Å². The van der Waals surface area contributed by atoms with Crippen molar-refractivity contribution in [3.8, 4) is 5.75 Å². The number of hydrogen-bond donors (Lipinski definition) is 1. The molecule has 0 saturated carbocycles. The zero-order valence-corrected chi connectivity index (χ0v) is 6.01. The first kappa shape index (κ1) is 6.95. The van der Waals surface area contributed by atoms with Gasteiger partial charge in [0.05, 0.1) is 12.5 Å². The van der Waals surface area contributed by atoms with Crippen molar-refractivity contribution < 1.29 is 5.11 Å². The van der Waals surface area contributed by atoms with Crippen LogP contribution in [0.25, 0.3) is 6.20 Å². The second kappa shape index (κ2) is 2.62. The smallest absolute Gasteiger partial charge is 0.169 e. The van der Waals surface area contributed by atoms with Crippen molar-refractivity contribution in [2.24, 2.45) is 0 Å². The highest BCUT2D eigenvalue weighted by molar-refractivity contribution is 7.71. The van der Waals surface area contributed by atoms with E-state index in [1.54, 1.807) is 0 Å². The molecule has 0 fully saturated rings. The average Bonchev–Trinajstić information content (AvgIpc) is 1.95. The van der Waals surface area contributed by atoms with Crippen molar-refractivity contribution in [2.45, 2.75) is 0 Å². The normalized spacial score (nSPS) is 9.20. The molecule has 0 bridgehead atoms. The monoisotopic (exact) mass is 154 g/mol. The lowest BCUT2D eigenvalue weighted by Gasteiger charge is -1.97. The largest absolute Gasteiger partial charge is 0.504 e. The predicted octanol–water partition coefficient (Wildman–Crippen LogP) is 1.42. The Morgan fingerprint density at radius 2 is 2.50 bits per heavy atom. The average molecular weight is 154 g/mol. The lowest BCUT2D eigenvalue weighted by atomic mass is 10.6. The molecule has 0 aliphatic heterocycles. The van der Waals surface area contributed by atoms with E-state index < -0.39 is 0 Å². The molecule has 0 aromatic carbocycles. The minimum Gasteiger partial charge on any atom is -0.504 e. The van der Waals surface area contributed by atoms with Crippen LogP contribution in [-0.2, 0) is 0 Å². The van der Waals surface area contributed by atoms with Gasteiger partial charge >= 0.3 is 0 Å². The van der Waals surface area contributed by atoms with Crippen LogP contribution in [0.3, 0.4) is 0 Å². The minimum absolute atomic E-state index is 0.00241. The van der Waals surface area contributed by atoms with Gasteiger partial charge < -0.3 is 5.11 Å². The van der Waals surface area contributed by atoms with Crippen LogP contribution in [0.2, 0.25) is 0 Å². The molecule has 1 aromatic rings. The fourth-order valence-electron chi connectivity index (χ4n) is 0.546. The fourth-order valence-corrected chi connectivity index (χ4v) is 0.720. The highest BCUT2D eigenvalue weighted by Crippen LogP contribution is 2.07. The molecule has 3 nitrogen and oxygen atoms in total. The van der Waals surface area contributed by atoms with Crippen molar-refractivity contribution in [2.75, 3.05) is 0 Å². The quantitative estimate of drug-likeness (QED) is 0.621. The van der Waals surface area contributed by atoms with Crippen molar-refractivity contribution in [1.82, 2.24) is 9.55 Å². The molecule has 0 aliphatic carbocycles. The van der Waals surface area contributed by atoms with E-state index in [0.717, 1.165) is 0 Å². The first-order chi connectivity index (χ1) is 4.75. The van der Waals surface area contributed by atoms with E-state index >= 15 is 0 Å². The maximum absolute atomic E-state index is 9.00. The van der Waals surface area contributed by atoms with Gasteiger partial charge in [0.1, 0.15) is 0 Å². The molecule has 4 heteroatoms. The lowest BCUT2D eigenvalue weighted by molar-refractivity contribution is 0.465. The molecule has 1 aromatic heterocycles. The molecule has 52 valence electrons. The summed E-state index contributed by atoms with van der Waals surface area (Å²) in [6.07, 6.45) is 4.26. The van der Waals surface area contributed by atoms with Gasteiger partial charge in [0, 0.05) is 6.20 Å². The number of hydrogen-bond acceptors (Lipinski definition) is 3. The van der Waals surface area contributed by atoms with Gasteiger partial charge in [-0.05, 0) is 0 Å². The van der Waals surface area contributed by atoms with Crippen LogP contribution < -0.4 is 0 Å². The van der Waals surface area contributed by atoms with Gasteiger partial charge in [-0.1, -0.05) is 18.8 Å². The van der Waals surface area contributed by atoms with E-state index in [0.29, 0.717) is 4.64 Å². The number of rotatable bonds is 1. The number of aromatic hydroxyl groups is 1. The predicted molar refractivity (Wildman–Crippen MR) is 41.1 cm³/mol. The summed E-state index contributed by atoms with van der Waals surface area (Å²) in [7, 11) is 0. The van der Waals surface area contributed by atoms with Crippen molar-refractivity contribution >= 4 is 18.4 Å². The molecule has 0 amide bonds. The molecular formula is C6H6N2OS. The van der Waals surface area contributed by atoms with E-state index in [-0.39, 0.29) is 5.75 Å². The van der Waals surface area contributed by atoms with E-state index in [1.807, 2.05) is 0 Å². The molecule has 0 radical (unpaired) electrons. The second-order valence-electron chi connectivity index (χ2n) is 1.67. The zero-order chi connectivity index (χ0) is 7.56. The Bertz CT molecular complexity index is 305. The standard InChI is InChI=1S/C6H6N2OS/c1-2-8-4-7-3-5(9)6(8)10/h2-4,9H,1H2. The van der Waals surface area contributed by atoms with Crippen molar-refractivity contribution in [1.29, 1.82) is 0 Å². The SMILES string of the molecule is C=Cn1cncc(O)c1=S. The molecule has 0 atom stereocenters. The van der Waals surface area contributed by atoms with E-state index in [1.165, 1.54) is 23.3 Å². The third-order valence-corrected chi connectivity index (χ3v) is 1.46. The molecule has 1 rings (SSSR count). The van der Waals surface area contributed by atoms with Crippen molar-refractivity contribution in [3.05, 3.63) is 23.7 Å². The Morgan fingerprint density at radius 3 is 3.00 bits per heavy atom. The van der Waals surface area contributed by atoms with E-state index in [4.69, 9.17) is 17.3 Å². The van der Waals surface area contributed by atoms with Crippen LogP contribution >= 0.6 is 12.2 Å². The summed E-state index contributed by atoms with van der Waals surface area (Å²) < 4.78 is 1.79. The molecular weight excluding hydrogens is 148 g/mol. The van der Waals surface area contributed by atoms with E-state index in [9.17, 15) is 0 Å². The Labute approximate surface area is 63.3 Å². The van der Waals surface area contributed by atoms with Crippen LogP contribution in [0, 0.1) is 4.64 Å². The van der Waals surface area contributed by atoms with Crippen LogP contribution in [0.4, 0.5) is 0 Å². The van der Waals surface area contributed by atoms with Crippen LogP contribution in [0.15, 0.2) is 19.1 Å². The molecule has 1 heterocycles. The first-order valence-corrected chi connectivity index (χ1v) is 3.04. The summed E-state index contributed by atoms with van der Waals surface area (Å²) in [5.74, 6) is -0.00241. The van der Waals surface area contributed by atoms with Gasteiger partial charge in [0.15, 0.2) is 10.4 Å². The third-order valence-electron chi connectivity index (χ3n) is 1.04. The summed E-state index contributed by atoms with van der Waals surface area (Å²) in [6, 6.07) is 0. The van der Waals surface area contributed by atoms with Crippen LogP contribution in [0.1, 0.15) is 0 Å². The molecule has 10 heavy (non-hydrogen) atoms. The van der Waals surface area contributed by atoms with Gasteiger partial charge in [-0.15, -0.1) is 0 Å². The van der Waals surface area contributed by atoms with Crippen LogP contribution in [0.5, 0.6) is 5.75 Å². The molecule has 0 saturated heterocycles.